The molecule has 1 aliphatic heterocycles. The van der Waals surface area contributed by atoms with E-state index < -0.39 is 72.7 Å². The van der Waals surface area contributed by atoms with Crippen LogP contribution in [-0.2, 0) is 38.3 Å². The molecule has 1 heterocycles. The molecule has 0 aromatic carbocycles. The summed E-state index contributed by atoms with van der Waals surface area (Å²) in [6, 6.07) is 0. The quantitative estimate of drug-likeness (QED) is 0.171. The van der Waals surface area contributed by atoms with Gasteiger partial charge in [0.25, 0.3) is 0 Å². The molecule has 16 nitrogen and oxygen atoms in total. The van der Waals surface area contributed by atoms with Crippen molar-refractivity contribution in [2.45, 2.75) is 62.6 Å². The Morgan fingerprint density at radius 1 is 0.622 bits per heavy atom. The molecule has 1 saturated heterocycles. The van der Waals surface area contributed by atoms with Crippen LogP contribution in [0.5, 0.6) is 0 Å². The second-order valence-electron chi connectivity index (χ2n) is 6.86. The van der Waals surface area contributed by atoms with Crippen LogP contribution in [0.1, 0.15) is 51.4 Å². The minimum absolute atomic E-state index is 0. The van der Waals surface area contributed by atoms with Crippen LogP contribution in [0.3, 0.4) is 0 Å². The Kier molecular flexibility index (Phi) is 30.2. The van der Waals surface area contributed by atoms with Crippen molar-refractivity contribution in [3.63, 3.8) is 0 Å². The van der Waals surface area contributed by atoms with Gasteiger partial charge in [-0.3, -0.25) is 4.79 Å². The second-order valence-corrected chi connectivity index (χ2v) is 6.86. The molecule has 0 bridgehead atoms. The zero-order valence-corrected chi connectivity index (χ0v) is 26.2. The summed E-state index contributed by atoms with van der Waals surface area (Å²) in [5.74, 6) is -12.0. The Bertz CT molecular complexity index is 691. The number of hydrogen-bond donors (Lipinski definition) is 2. The average molecular weight is 613 g/mol. The Morgan fingerprint density at radius 2 is 0.919 bits per heavy atom. The Labute approximate surface area is 299 Å². The van der Waals surface area contributed by atoms with E-state index in [1.54, 1.807) is 0 Å². The van der Waals surface area contributed by atoms with Gasteiger partial charge in [-0.05, 0) is 19.3 Å². The summed E-state index contributed by atoms with van der Waals surface area (Å²) < 4.78 is 4.76. The fourth-order valence-corrected chi connectivity index (χ4v) is 2.18. The number of carboxylic acids is 6. The van der Waals surface area contributed by atoms with Crippen LogP contribution in [0.2, 0.25) is 0 Å². The number of rotatable bonds is 10. The SMILES string of the molecule is O=C([O-])CC(O)(CC(=O)[O-])C(=O)[O-].O=C([O-])CC(O)(CC(=O)[O-])C(=O)[O-].O=C1CCCCCO1.[Ca+2].[Ca+2].[Ca+2]. The first-order chi connectivity index (χ1) is 15.4. The van der Waals surface area contributed by atoms with Crippen molar-refractivity contribution in [2.75, 3.05) is 6.61 Å². The molecule has 0 aromatic heterocycles. The molecule has 194 valence electrons. The van der Waals surface area contributed by atoms with Gasteiger partial charge in [-0.25, -0.2) is 0 Å². The zero-order valence-electron chi connectivity index (χ0n) is 19.6. The van der Waals surface area contributed by atoms with Crippen LogP contribution >= 0.6 is 0 Å². The third kappa shape index (κ3) is 24.7. The van der Waals surface area contributed by atoms with Gasteiger partial charge in [-0.2, -0.15) is 0 Å². The van der Waals surface area contributed by atoms with Gasteiger partial charge in [-0.1, -0.05) is 0 Å². The van der Waals surface area contributed by atoms with Gasteiger partial charge in [0, 0.05) is 56.0 Å². The molecular formula is C18H20Ca3O16. The first kappa shape index (κ1) is 46.8. The van der Waals surface area contributed by atoms with E-state index in [2.05, 4.69) is 0 Å². The van der Waals surface area contributed by atoms with E-state index in [9.17, 15) is 64.2 Å². The minimum atomic E-state index is -2.97. The third-order valence-corrected chi connectivity index (χ3v) is 3.80. The normalized spacial score (nSPS) is 12.3. The predicted octanol–water partition coefficient (Wildman–Crippen LogP) is -10.5. The molecule has 37 heavy (non-hydrogen) atoms. The topological polar surface area (TPSA) is 308 Å². The zero-order chi connectivity index (χ0) is 27.1. The molecular weight excluding hydrogens is 592 g/mol. The molecule has 1 aliphatic rings. The Morgan fingerprint density at radius 3 is 1.16 bits per heavy atom. The van der Waals surface area contributed by atoms with E-state index >= 15 is 0 Å². The fraction of sp³-hybridized carbons (Fsp3) is 0.611. The molecule has 0 radical (unpaired) electrons. The summed E-state index contributed by atoms with van der Waals surface area (Å²) in [6.45, 7) is 0.638. The van der Waals surface area contributed by atoms with Crippen molar-refractivity contribution in [1.29, 1.82) is 0 Å². The second kappa shape index (κ2) is 23.8. The molecule has 0 atom stereocenters. The maximum absolute atomic E-state index is 10.5. The summed E-state index contributed by atoms with van der Waals surface area (Å²) in [6.07, 6.45) is -1.60. The first-order valence-electron chi connectivity index (χ1n) is 9.28. The van der Waals surface area contributed by atoms with E-state index in [1.165, 1.54) is 0 Å². The molecule has 1 fully saturated rings. The van der Waals surface area contributed by atoms with Crippen molar-refractivity contribution in [3.05, 3.63) is 0 Å². The van der Waals surface area contributed by atoms with Crippen molar-refractivity contribution < 1.29 is 79.2 Å². The number of aliphatic hydroxyl groups is 2. The molecule has 0 amide bonds. The van der Waals surface area contributed by atoms with E-state index in [4.69, 9.17) is 14.9 Å². The average Bonchev–Trinajstić information content (AvgIpc) is 2.87. The minimum Gasteiger partial charge on any atom is -0.550 e. The molecule has 2 N–H and O–H groups in total. The Balaban J connectivity index is -0.000000136. The molecule has 0 aromatic rings. The number of hydrogen-bond acceptors (Lipinski definition) is 16. The molecule has 0 spiro atoms. The number of carboxylic acid groups (broad SMARTS) is 6. The van der Waals surface area contributed by atoms with Gasteiger partial charge in [0.1, 0.15) is 11.2 Å². The van der Waals surface area contributed by atoms with Crippen molar-refractivity contribution >= 4 is 155 Å². The summed E-state index contributed by atoms with van der Waals surface area (Å²) in [7, 11) is 0. The first-order valence-corrected chi connectivity index (χ1v) is 9.28. The smallest absolute Gasteiger partial charge is 0.550 e. The van der Waals surface area contributed by atoms with Crippen LogP contribution in [-0.4, -0.2) is 183 Å². The van der Waals surface area contributed by atoms with Gasteiger partial charge in [-0.15, -0.1) is 0 Å². The van der Waals surface area contributed by atoms with Gasteiger partial charge < -0.3 is 74.4 Å². The monoisotopic (exact) mass is 612 g/mol. The van der Waals surface area contributed by atoms with Crippen LogP contribution in [0.4, 0.5) is 0 Å². The summed E-state index contributed by atoms with van der Waals surface area (Å²) >= 11 is 0. The number of cyclic esters (lactones) is 1. The van der Waals surface area contributed by atoms with Crippen molar-refractivity contribution in [3.8, 4) is 0 Å². The van der Waals surface area contributed by atoms with E-state index in [0.29, 0.717) is 13.0 Å². The number of carbonyl (C=O) groups is 7. The number of ether oxygens (including phenoxy) is 1. The van der Waals surface area contributed by atoms with Gasteiger partial charge in [0.2, 0.25) is 0 Å². The number of esters is 1. The largest absolute Gasteiger partial charge is 2.00 e. The molecule has 0 aliphatic carbocycles. The van der Waals surface area contributed by atoms with Gasteiger partial charge >= 0.3 is 119 Å². The van der Waals surface area contributed by atoms with Gasteiger partial charge in [0.15, 0.2) is 0 Å². The van der Waals surface area contributed by atoms with E-state index in [-0.39, 0.29) is 119 Å². The molecule has 19 heteroatoms. The predicted molar refractivity (Wildman–Crippen MR) is 105 cm³/mol. The number of carbonyl (C=O) groups excluding carboxylic acids is 7. The van der Waals surface area contributed by atoms with Crippen LogP contribution in [0.25, 0.3) is 0 Å². The summed E-state index contributed by atoms with van der Waals surface area (Å²) in [5, 5.41) is 77.9. The Hall–Kier alpha value is -0.0108. The maximum atomic E-state index is 10.5. The third-order valence-electron chi connectivity index (χ3n) is 3.80. The van der Waals surface area contributed by atoms with Crippen LogP contribution < -0.4 is 30.6 Å². The van der Waals surface area contributed by atoms with Crippen molar-refractivity contribution in [2.24, 2.45) is 0 Å². The maximum Gasteiger partial charge on any atom is 2.00 e. The molecule has 0 saturated carbocycles. The van der Waals surface area contributed by atoms with E-state index in [0.717, 1.165) is 19.3 Å². The summed E-state index contributed by atoms with van der Waals surface area (Å²) in [5.41, 5.74) is -5.95. The molecule has 1 rings (SSSR count). The van der Waals surface area contributed by atoms with Crippen molar-refractivity contribution in [1.82, 2.24) is 0 Å². The standard InChI is InChI=1S/2C6H8O7.C6H10O2.3Ca/c2*7-3(8)1-6(13,5(11)12)2-4(9)10;7-6-4-2-1-3-5-8-6;;;/h2*13H,1-2H2,(H,7,8)(H,9,10)(H,11,12);1-5H2;;;/q;;;3*+2/p-6. The van der Waals surface area contributed by atoms with Gasteiger partial charge in [0.05, 0.1) is 18.5 Å². The summed E-state index contributed by atoms with van der Waals surface area (Å²) in [4.78, 5) is 70.5. The molecule has 0 unspecified atom stereocenters. The fourth-order valence-electron chi connectivity index (χ4n) is 2.18. The number of aliphatic carboxylic acids is 6. The van der Waals surface area contributed by atoms with Crippen LogP contribution in [0.15, 0.2) is 0 Å². The van der Waals surface area contributed by atoms with Crippen LogP contribution in [0, 0.1) is 0 Å². The van der Waals surface area contributed by atoms with E-state index in [1.807, 2.05) is 0 Å².